The topological polar surface area (TPSA) is 20.2 Å². The fourth-order valence-corrected chi connectivity index (χ4v) is 16.4. The van der Waals surface area contributed by atoms with Crippen LogP contribution < -0.4 is 10.7 Å². The molecule has 0 spiro atoms. The standard InChI is InChI=1S/C6H3O.6CH3.3Sn.3H/c7-6-4-2-1-3-5-6;;;;;;;;;;;;/h2-3,7H;6*1H3;;;;;;. The molecule has 0 aliphatic rings. The first kappa shape index (κ1) is 15.5. The van der Waals surface area contributed by atoms with Gasteiger partial charge in [0, 0.05) is 0 Å². The van der Waals surface area contributed by atoms with Crippen LogP contribution >= 0.6 is 0 Å². The summed E-state index contributed by atoms with van der Waals surface area (Å²) in [6, 6.07) is 4.74. The average molecular weight is 540 g/mol. The van der Waals surface area contributed by atoms with Gasteiger partial charge in [-0.15, -0.1) is 0 Å². The maximum atomic E-state index is 10.4. The summed E-state index contributed by atoms with van der Waals surface area (Å²) in [7, 11) is 0. The molecule has 0 saturated carbocycles. The Bertz CT molecular complexity index is 344. The van der Waals surface area contributed by atoms with Crippen molar-refractivity contribution in [3.05, 3.63) is 12.1 Å². The van der Waals surface area contributed by atoms with Crippen molar-refractivity contribution in [2.24, 2.45) is 0 Å². The van der Waals surface area contributed by atoms with E-state index in [9.17, 15) is 5.11 Å². The molecule has 1 aromatic rings. The molecule has 0 bridgehead atoms. The molecule has 0 atom stereocenters. The third-order valence-electron chi connectivity index (χ3n) is 3.10. The summed E-state index contributed by atoms with van der Waals surface area (Å²) in [5.41, 5.74) is 0. The molecule has 90 valence electrons. The Morgan fingerprint density at radius 1 is 0.750 bits per heavy atom. The quantitative estimate of drug-likeness (QED) is 0.554. The summed E-state index contributed by atoms with van der Waals surface area (Å²) in [5.74, 6) is 0.715. The van der Waals surface area contributed by atoms with Crippen LogP contribution in [0.5, 0.6) is 5.75 Å². The van der Waals surface area contributed by atoms with Crippen LogP contribution in [0.3, 0.4) is 0 Å². The fraction of sp³-hybridized carbons (Fsp3) is 0.500. The van der Waals surface area contributed by atoms with E-state index in [4.69, 9.17) is 0 Å². The van der Waals surface area contributed by atoms with Crippen LogP contribution in [0, 0.1) is 0 Å². The van der Waals surface area contributed by atoms with Crippen molar-refractivity contribution in [1.29, 1.82) is 0 Å². The number of aromatic hydroxyl groups is 1. The molecule has 1 aromatic carbocycles. The van der Waals surface area contributed by atoms with Gasteiger partial charge in [0.05, 0.1) is 0 Å². The van der Waals surface area contributed by atoms with Gasteiger partial charge in [0.15, 0.2) is 0 Å². The third-order valence-corrected chi connectivity index (χ3v) is 17.5. The summed E-state index contributed by atoms with van der Waals surface area (Å²) < 4.78 is 4.43. The summed E-state index contributed by atoms with van der Waals surface area (Å²) in [4.78, 5) is 14.4. The number of phenolic OH excluding ortho intramolecular Hbond substituents is 1. The van der Waals surface area contributed by atoms with Gasteiger partial charge in [-0.25, -0.2) is 0 Å². The minimum absolute atomic E-state index is 0.715. The molecule has 1 N–H and O–H groups in total. The molecule has 0 aliphatic heterocycles. The Morgan fingerprint density at radius 2 is 1.12 bits per heavy atom. The van der Waals surface area contributed by atoms with E-state index in [-0.39, 0.29) is 0 Å². The second kappa shape index (κ2) is 6.54. The predicted octanol–water partition coefficient (Wildman–Crippen LogP) is 0.473. The molecule has 0 saturated heterocycles. The zero-order valence-corrected chi connectivity index (χ0v) is 21.2. The summed E-state index contributed by atoms with van der Waals surface area (Å²) in [5, 5.41) is 10.4. The van der Waals surface area contributed by atoms with Gasteiger partial charge in [-0.1, -0.05) is 0 Å². The van der Waals surface area contributed by atoms with Crippen LogP contribution in [-0.2, 0) is 0 Å². The molecule has 0 aromatic heterocycles. The van der Waals surface area contributed by atoms with Gasteiger partial charge in [0.25, 0.3) is 0 Å². The van der Waals surface area contributed by atoms with Crippen molar-refractivity contribution < 1.29 is 5.11 Å². The van der Waals surface area contributed by atoms with Gasteiger partial charge in [0.2, 0.25) is 0 Å². The van der Waals surface area contributed by atoms with Gasteiger partial charge in [-0.05, 0) is 0 Å². The van der Waals surface area contributed by atoms with Gasteiger partial charge in [-0.3, -0.25) is 0 Å². The molecule has 1 nitrogen and oxygen atoms in total. The van der Waals surface area contributed by atoms with Crippen molar-refractivity contribution in [3.8, 4) is 5.75 Å². The second-order valence-corrected chi connectivity index (χ2v) is 30.7. The maximum absolute atomic E-state index is 10.4. The molecule has 0 amide bonds. The molecule has 0 aliphatic carbocycles. The van der Waals surface area contributed by atoms with Crippen molar-refractivity contribution in [3.63, 3.8) is 0 Å². The van der Waals surface area contributed by atoms with Crippen LogP contribution in [0.1, 0.15) is 0 Å². The molecule has 4 heteroatoms. The summed E-state index contributed by atoms with van der Waals surface area (Å²) in [6.45, 7) is 0. The Balaban J connectivity index is 3.39. The monoisotopic (exact) mass is 544 g/mol. The first-order valence-corrected chi connectivity index (χ1v) is 30.9. The van der Waals surface area contributed by atoms with E-state index in [1.807, 2.05) is 0 Å². The van der Waals surface area contributed by atoms with E-state index in [1.165, 1.54) is 7.16 Å². The minimum atomic E-state index is -1.57. The number of phenols is 1. The molecule has 0 radical (unpaired) electrons. The van der Waals surface area contributed by atoms with E-state index in [0.29, 0.717) is 5.75 Å². The normalized spacial score (nSPS) is 11.8. The van der Waals surface area contributed by atoms with E-state index in [1.54, 1.807) is 3.58 Å². The SMILES string of the molecule is [CH3][SnH]([CH3])[c]1c[c]([SnH]([CH3])[CH3])c(O)[c]([SnH]([CH3])[CH3])c1. The van der Waals surface area contributed by atoms with Crippen molar-refractivity contribution >= 4 is 70.0 Å². The van der Waals surface area contributed by atoms with Crippen LogP contribution in [-0.4, -0.2) is 64.4 Å². The Morgan fingerprint density at radius 3 is 1.38 bits per heavy atom. The van der Waals surface area contributed by atoms with Crippen LogP contribution in [0.25, 0.3) is 0 Å². The molecular weight excluding hydrogens is 516 g/mol. The number of hydrogen-bond acceptors (Lipinski definition) is 1. The summed E-state index contributed by atoms with van der Waals surface area (Å²) >= 11 is -4.54. The van der Waals surface area contributed by atoms with Crippen LogP contribution in [0.15, 0.2) is 12.1 Å². The number of benzene rings is 1. The van der Waals surface area contributed by atoms with Crippen molar-refractivity contribution in [1.82, 2.24) is 0 Å². The molecule has 0 heterocycles. The van der Waals surface area contributed by atoms with Crippen LogP contribution in [0.4, 0.5) is 0 Å². The van der Waals surface area contributed by atoms with Crippen LogP contribution in [0.2, 0.25) is 29.6 Å². The Kier molecular flexibility index (Phi) is 6.33. The molecular formula is C12H24OSn3. The fourth-order valence-electron chi connectivity index (χ4n) is 1.92. The van der Waals surface area contributed by atoms with Crippen molar-refractivity contribution in [2.45, 2.75) is 29.6 Å². The second-order valence-electron chi connectivity index (χ2n) is 5.51. The van der Waals surface area contributed by atoms with Gasteiger partial charge in [0.1, 0.15) is 0 Å². The summed E-state index contributed by atoms with van der Waals surface area (Å²) in [6.07, 6.45) is 0. The van der Waals surface area contributed by atoms with Gasteiger partial charge >= 0.3 is 123 Å². The van der Waals surface area contributed by atoms with Crippen molar-refractivity contribution in [2.75, 3.05) is 0 Å². The first-order chi connectivity index (χ1) is 7.34. The van der Waals surface area contributed by atoms with E-state index >= 15 is 0 Å². The van der Waals surface area contributed by atoms with E-state index in [0.717, 1.165) is 0 Å². The number of rotatable bonds is 3. The predicted molar refractivity (Wildman–Crippen MR) is 83.6 cm³/mol. The van der Waals surface area contributed by atoms with Gasteiger partial charge < -0.3 is 0 Å². The Labute approximate surface area is 121 Å². The first-order valence-electron chi connectivity index (χ1n) is 6.21. The molecule has 0 fully saturated rings. The zero-order valence-electron chi connectivity index (χ0n) is 11.3. The van der Waals surface area contributed by atoms with Gasteiger partial charge in [-0.2, -0.15) is 0 Å². The third kappa shape index (κ3) is 3.70. The molecule has 1 rings (SSSR count). The van der Waals surface area contributed by atoms with E-state index in [2.05, 4.69) is 41.8 Å². The molecule has 16 heavy (non-hydrogen) atoms. The average Bonchev–Trinajstić information content (AvgIpc) is 2.16. The number of hydrogen-bond donors (Lipinski definition) is 1. The molecule has 0 unspecified atom stereocenters. The zero-order chi connectivity index (χ0) is 12.5. The van der Waals surface area contributed by atoms with E-state index < -0.39 is 59.3 Å². The Hall–Kier alpha value is 1.42.